The molecule has 5 nitrogen and oxygen atoms in total. The van der Waals surface area contributed by atoms with Gasteiger partial charge in [0.05, 0.1) is 9.79 Å². The fourth-order valence-corrected chi connectivity index (χ4v) is 3.90. The van der Waals surface area contributed by atoms with Crippen molar-refractivity contribution in [2.24, 2.45) is 5.16 Å². The van der Waals surface area contributed by atoms with Crippen LogP contribution in [0.15, 0.2) is 69.5 Å². The number of rotatable bonds is 9. The first-order chi connectivity index (χ1) is 12.5. The minimum absolute atomic E-state index is 0.0970. The molecule has 26 heavy (non-hydrogen) atoms. The van der Waals surface area contributed by atoms with Gasteiger partial charge in [-0.05, 0) is 49.2 Å². The summed E-state index contributed by atoms with van der Waals surface area (Å²) in [6, 6.07) is 13.8. The van der Waals surface area contributed by atoms with E-state index < -0.39 is 9.84 Å². The molecule has 0 bridgehead atoms. The van der Waals surface area contributed by atoms with E-state index in [4.69, 9.17) is 5.21 Å². The molecule has 0 unspecified atom stereocenters. The molecule has 1 N–H and O–H groups in total. The van der Waals surface area contributed by atoms with Crippen LogP contribution in [0, 0.1) is 0 Å². The summed E-state index contributed by atoms with van der Waals surface area (Å²) in [6.45, 7) is 2.09. The zero-order chi connectivity index (χ0) is 19.0. The Morgan fingerprint density at radius 1 is 0.923 bits per heavy atom. The van der Waals surface area contributed by atoms with E-state index in [1.54, 1.807) is 18.2 Å². The maximum atomic E-state index is 12.6. The molecule has 0 saturated carbocycles. The van der Waals surface area contributed by atoms with Crippen LogP contribution in [0.4, 0.5) is 0 Å². The van der Waals surface area contributed by atoms with Crippen molar-refractivity contribution in [2.45, 2.75) is 48.8 Å². The highest BCUT2D eigenvalue weighted by Crippen LogP contribution is 2.21. The van der Waals surface area contributed by atoms with Crippen molar-refractivity contribution in [1.29, 1.82) is 0 Å². The first kappa shape index (κ1) is 19.8. The summed E-state index contributed by atoms with van der Waals surface area (Å²) >= 11 is 0. The van der Waals surface area contributed by atoms with Gasteiger partial charge in [-0.3, -0.25) is 4.79 Å². The molecule has 0 spiro atoms. The van der Waals surface area contributed by atoms with E-state index in [2.05, 4.69) is 12.1 Å². The quantitative estimate of drug-likeness (QED) is 0.231. The fraction of sp³-hybridized carbons (Fsp3) is 0.300. The number of ketones is 1. The molecule has 0 heterocycles. The Bertz CT molecular complexity index is 856. The Balaban J connectivity index is 2.14. The van der Waals surface area contributed by atoms with E-state index in [0.29, 0.717) is 12.0 Å². The van der Waals surface area contributed by atoms with Crippen LogP contribution < -0.4 is 0 Å². The average molecular weight is 373 g/mol. The van der Waals surface area contributed by atoms with Gasteiger partial charge in [0.1, 0.15) is 5.71 Å². The van der Waals surface area contributed by atoms with Gasteiger partial charge < -0.3 is 5.21 Å². The van der Waals surface area contributed by atoms with Crippen molar-refractivity contribution >= 4 is 21.3 Å². The Morgan fingerprint density at radius 3 is 2.12 bits per heavy atom. The highest BCUT2D eigenvalue weighted by atomic mass is 32.2. The number of hydrogen-bond acceptors (Lipinski definition) is 5. The molecule has 0 radical (unpaired) electrons. The minimum atomic E-state index is -3.62. The lowest BCUT2D eigenvalue weighted by molar-refractivity contribution is 0.105. The molecule has 0 aromatic heterocycles. The number of benzene rings is 2. The van der Waals surface area contributed by atoms with Gasteiger partial charge in [-0.1, -0.05) is 49.5 Å². The maximum absolute atomic E-state index is 12.6. The summed E-state index contributed by atoms with van der Waals surface area (Å²) in [6.07, 6.45) is 4.30. The standard InChI is InChI=1S/C20H23NO4S/c1-2-3-4-8-11-19(21-23)20(22)16-12-14-18(15-13-16)26(24,25)17-9-6-5-7-10-17/h5-7,9-10,12-15,23H,2-4,8,11H2,1H3. The number of sulfone groups is 1. The first-order valence-electron chi connectivity index (χ1n) is 8.66. The molecule has 2 rings (SSSR count). The average Bonchev–Trinajstić information content (AvgIpc) is 2.68. The lowest BCUT2D eigenvalue weighted by atomic mass is 10.0. The normalized spacial score (nSPS) is 12.1. The summed E-state index contributed by atoms with van der Waals surface area (Å²) in [7, 11) is -3.62. The highest BCUT2D eigenvalue weighted by Gasteiger charge is 2.19. The van der Waals surface area contributed by atoms with Crippen molar-refractivity contribution in [3.8, 4) is 0 Å². The number of unbranched alkanes of at least 4 members (excludes halogenated alkanes) is 3. The van der Waals surface area contributed by atoms with Crippen LogP contribution in [0.3, 0.4) is 0 Å². The molecule has 0 aliphatic carbocycles. The maximum Gasteiger partial charge on any atom is 0.210 e. The van der Waals surface area contributed by atoms with Crippen LogP contribution >= 0.6 is 0 Å². The van der Waals surface area contributed by atoms with Gasteiger partial charge in [0.25, 0.3) is 0 Å². The summed E-state index contributed by atoms with van der Waals surface area (Å²) < 4.78 is 25.1. The molecule has 2 aromatic carbocycles. The van der Waals surface area contributed by atoms with E-state index >= 15 is 0 Å². The summed E-state index contributed by atoms with van der Waals surface area (Å²) in [5, 5.41) is 12.2. The van der Waals surface area contributed by atoms with E-state index in [1.165, 1.54) is 36.4 Å². The molecular weight excluding hydrogens is 350 g/mol. The van der Waals surface area contributed by atoms with Gasteiger partial charge in [0, 0.05) is 5.56 Å². The van der Waals surface area contributed by atoms with Crippen LogP contribution in [0.1, 0.15) is 49.4 Å². The minimum Gasteiger partial charge on any atom is -0.411 e. The molecule has 0 fully saturated rings. The van der Waals surface area contributed by atoms with Crippen LogP contribution in [0.2, 0.25) is 0 Å². The zero-order valence-electron chi connectivity index (χ0n) is 14.8. The summed E-state index contributed by atoms with van der Waals surface area (Å²) in [5.41, 5.74) is 0.403. The molecule has 2 aromatic rings. The molecule has 0 saturated heterocycles. The van der Waals surface area contributed by atoms with Gasteiger partial charge in [-0.15, -0.1) is 0 Å². The molecule has 138 valence electrons. The largest absolute Gasteiger partial charge is 0.411 e. The second-order valence-electron chi connectivity index (χ2n) is 6.03. The molecular formula is C20H23NO4S. The monoisotopic (exact) mass is 373 g/mol. The van der Waals surface area contributed by atoms with E-state index in [9.17, 15) is 13.2 Å². The third kappa shape index (κ3) is 4.79. The second-order valence-corrected chi connectivity index (χ2v) is 7.98. The van der Waals surface area contributed by atoms with Crippen molar-refractivity contribution < 1.29 is 18.4 Å². The van der Waals surface area contributed by atoms with E-state index in [1.807, 2.05) is 0 Å². The topological polar surface area (TPSA) is 83.8 Å². The van der Waals surface area contributed by atoms with Crippen molar-refractivity contribution in [3.05, 3.63) is 60.2 Å². The Hall–Kier alpha value is -2.47. The van der Waals surface area contributed by atoms with Crippen molar-refractivity contribution in [3.63, 3.8) is 0 Å². The van der Waals surface area contributed by atoms with Crippen LogP contribution in [0.25, 0.3) is 0 Å². The molecule has 0 amide bonds. The van der Waals surface area contributed by atoms with E-state index in [0.717, 1.165) is 25.7 Å². The predicted molar refractivity (Wildman–Crippen MR) is 101 cm³/mol. The first-order valence-corrected chi connectivity index (χ1v) is 10.1. The van der Waals surface area contributed by atoms with Gasteiger partial charge >= 0.3 is 0 Å². The van der Waals surface area contributed by atoms with Crippen LogP contribution in [0.5, 0.6) is 0 Å². The SMILES string of the molecule is CCCCCCC(=NO)C(=O)c1ccc(S(=O)(=O)c2ccccc2)cc1. The smallest absolute Gasteiger partial charge is 0.210 e. The predicted octanol–water partition coefficient (Wildman–Crippen LogP) is 4.50. The van der Waals surface area contributed by atoms with Crippen molar-refractivity contribution in [2.75, 3.05) is 0 Å². The van der Waals surface area contributed by atoms with Gasteiger partial charge in [-0.2, -0.15) is 0 Å². The zero-order valence-corrected chi connectivity index (χ0v) is 15.6. The second kappa shape index (κ2) is 9.29. The van der Waals surface area contributed by atoms with Gasteiger partial charge in [0.15, 0.2) is 0 Å². The number of carbonyl (C=O) groups is 1. The van der Waals surface area contributed by atoms with E-state index in [-0.39, 0.29) is 21.3 Å². The van der Waals surface area contributed by atoms with Gasteiger partial charge in [-0.25, -0.2) is 8.42 Å². The van der Waals surface area contributed by atoms with Crippen LogP contribution in [-0.4, -0.2) is 25.1 Å². The number of Topliss-reactive ketones (excluding diaryl/α,β-unsaturated/α-hetero) is 1. The summed E-state index contributed by atoms with van der Waals surface area (Å²) in [5.74, 6) is -0.382. The Kier molecular flexibility index (Phi) is 7.09. The molecule has 0 aliphatic heterocycles. The number of carbonyl (C=O) groups excluding carboxylic acids is 1. The summed E-state index contributed by atoms with van der Waals surface area (Å²) in [4.78, 5) is 12.7. The number of oxime groups is 1. The fourth-order valence-electron chi connectivity index (χ4n) is 2.62. The lowest BCUT2D eigenvalue weighted by Crippen LogP contribution is -2.15. The molecule has 6 heteroatoms. The van der Waals surface area contributed by atoms with Crippen LogP contribution in [-0.2, 0) is 9.84 Å². The van der Waals surface area contributed by atoms with Gasteiger partial charge in [0.2, 0.25) is 15.6 Å². The lowest BCUT2D eigenvalue weighted by Gasteiger charge is -2.07. The number of nitrogens with zero attached hydrogens (tertiary/aromatic N) is 1. The third-order valence-electron chi connectivity index (χ3n) is 4.13. The molecule has 0 atom stereocenters. The molecule has 0 aliphatic rings. The Labute approximate surface area is 154 Å². The Morgan fingerprint density at radius 2 is 1.54 bits per heavy atom. The number of hydrogen-bond donors (Lipinski definition) is 1. The third-order valence-corrected chi connectivity index (χ3v) is 5.92. The van der Waals surface area contributed by atoms with Crippen molar-refractivity contribution in [1.82, 2.24) is 0 Å². The highest BCUT2D eigenvalue weighted by molar-refractivity contribution is 7.91.